The van der Waals surface area contributed by atoms with Gasteiger partial charge in [-0.25, -0.2) is 0 Å². The fourth-order valence-electron chi connectivity index (χ4n) is 1.57. The van der Waals surface area contributed by atoms with Crippen molar-refractivity contribution in [1.82, 2.24) is 0 Å². The Labute approximate surface area is 98.8 Å². The van der Waals surface area contributed by atoms with Gasteiger partial charge in [-0.1, -0.05) is 0 Å². The van der Waals surface area contributed by atoms with Crippen molar-refractivity contribution >= 4 is 10.1 Å². The molecule has 0 amide bonds. The van der Waals surface area contributed by atoms with Crippen molar-refractivity contribution in [3.8, 4) is 0 Å². The van der Waals surface area contributed by atoms with E-state index in [0.717, 1.165) is 6.26 Å². The first-order valence-electron chi connectivity index (χ1n) is 4.83. The molecule has 5 atom stereocenters. The van der Waals surface area contributed by atoms with Gasteiger partial charge in [0.2, 0.25) is 0 Å². The molecule has 9 heteroatoms. The first-order chi connectivity index (χ1) is 7.80. The highest BCUT2D eigenvalue weighted by Gasteiger charge is 2.46. The van der Waals surface area contributed by atoms with Crippen molar-refractivity contribution in [2.45, 2.75) is 30.7 Å². The van der Waals surface area contributed by atoms with E-state index in [1.807, 2.05) is 0 Å². The third-order valence-electron chi connectivity index (χ3n) is 2.34. The average Bonchev–Trinajstić information content (AvgIpc) is 2.24. The van der Waals surface area contributed by atoms with E-state index >= 15 is 0 Å². The standard InChI is InChI=1S/C8H16O8S/c1-14-8-6(11)5(10)7(4(3-9)15-8)16-17(2,12)13/h4-11H,3H2,1-2H3. The van der Waals surface area contributed by atoms with Crippen LogP contribution in [0.2, 0.25) is 0 Å². The topological polar surface area (TPSA) is 123 Å². The van der Waals surface area contributed by atoms with Gasteiger partial charge in [-0.05, 0) is 0 Å². The van der Waals surface area contributed by atoms with Gasteiger partial charge in [-0.3, -0.25) is 4.18 Å². The van der Waals surface area contributed by atoms with Crippen LogP contribution >= 0.6 is 0 Å². The van der Waals surface area contributed by atoms with Crippen molar-refractivity contribution in [3.63, 3.8) is 0 Å². The van der Waals surface area contributed by atoms with Gasteiger partial charge in [-0.2, -0.15) is 8.42 Å². The van der Waals surface area contributed by atoms with Crippen molar-refractivity contribution in [1.29, 1.82) is 0 Å². The van der Waals surface area contributed by atoms with E-state index in [0.29, 0.717) is 0 Å². The Morgan fingerprint density at radius 1 is 1.29 bits per heavy atom. The van der Waals surface area contributed by atoms with Crippen LogP contribution in [0.25, 0.3) is 0 Å². The Bertz CT molecular complexity index is 339. The van der Waals surface area contributed by atoms with E-state index < -0.39 is 47.4 Å². The molecule has 1 aliphatic heterocycles. The van der Waals surface area contributed by atoms with Crippen LogP contribution in [0.5, 0.6) is 0 Å². The second-order valence-electron chi connectivity index (χ2n) is 3.71. The summed E-state index contributed by atoms with van der Waals surface area (Å²) >= 11 is 0. The molecule has 1 fully saturated rings. The summed E-state index contributed by atoms with van der Waals surface area (Å²) in [5.41, 5.74) is 0. The first kappa shape index (κ1) is 14.8. The molecule has 17 heavy (non-hydrogen) atoms. The molecule has 1 saturated heterocycles. The van der Waals surface area contributed by atoms with Gasteiger partial charge in [0.25, 0.3) is 10.1 Å². The fourth-order valence-corrected chi connectivity index (χ4v) is 2.21. The lowest BCUT2D eigenvalue weighted by Crippen LogP contribution is -2.60. The second kappa shape index (κ2) is 5.57. The van der Waals surface area contributed by atoms with Crippen molar-refractivity contribution in [3.05, 3.63) is 0 Å². The average molecular weight is 272 g/mol. The van der Waals surface area contributed by atoms with E-state index in [4.69, 9.17) is 14.6 Å². The van der Waals surface area contributed by atoms with Gasteiger partial charge in [0.05, 0.1) is 12.9 Å². The molecule has 0 aromatic heterocycles. The minimum Gasteiger partial charge on any atom is -0.394 e. The van der Waals surface area contributed by atoms with Crippen LogP contribution in [0.1, 0.15) is 0 Å². The minimum absolute atomic E-state index is 0.580. The molecule has 102 valence electrons. The smallest absolute Gasteiger partial charge is 0.264 e. The Hall–Kier alpha value is -0.290. The molecule has 0 radical (unpaired) electrons. The summed E-state index contributed by atoms with van der Waals surface area (Å²) in [6.07, 6.45) is -5.84. The maximum atomic E-state index is 11.0. The monoisotopic (exact) mass is 272 g/mol. The van der Waals surface area contributed by atoms with Crippen molar-refractivity contribution < 1.29 is 37.4 Å². The van der Waals surface area contributed by atoms with Gasteiger partial charge < -0.3 is 24.8 Å². The SMILES string of the molecule is COC1OC(CO)C(OS(C)(=O)=O)C(O)C1O. The molecule has 0 saturated carbocycles. The zero-order valence-corrected chi connectivity index (χ0v) is 10.2. The summed E-state index contributed by atoms with van der Waals surface area (Å²) in [6.45, 7) is -0.580. The van der Waals surface area contributed by atoms with Crippen LogP contribution in [-0.2, 0) is 23.8 Å². The van der Waals surface area contributed by atoms with Crippen LogP contribution in [0.3, 0.4) is 0 Å². The first-order valence-corrected chi connectivity index (χ1v) is 6.65. The second-order valence-corrected chi connectivity index (χ2v) is 5.31. The Morgan fingerprint density at radius 2 is 1.88 bits per heavy atom. The van der Waals surface area contributed by atoms with Gasteiger partial charge in [0.1, 0.15) is 24.4 Å². The van der Waals surface area contributed by atoms with Crippen LogP contribution in [0.4, 0.5) is 0 Å². The van der Waals surface area contributed by atoms with Crippen LogP contribution in [0, 0.1) is 0 Å². The predicted molar refractivity (Wildman–Crippen MR) is 54.5 cm³/mol. The van der Waals surface area contributed by atoms with Crippen molar-refractivity contribution in [2.24, 2.45) is 0 Å². The lowest BCUT2D eigenvalue weighted by molar-refractivity contribution is -0.289. The van der Waals surface area contributed by atoms with Crippen molar-refractivity contribution in [2.75, 3.05) is 20.0 Å². The molecule has 0 aliphatic carbocycles. The maximum absolute atomic E-state index is 11.0. The quantitative estimate of drug-likeness (QED) is 0.477. The van der Waals surface area contributed by atoms with Crippen LogP contribution in [0.15, 0.2) is 0 Å². The summed E-state index contributed by atoms with van der Waals surface area (Å²) in [5.74, 6) is 0. The largest absolute Gasteiger partial charge is 0.394 e. The molecular formula is C8H16O8S. The van der Waals surface area contributed by atoms with E-state index in [-0.39, 0.29) is 0 Å². The summed E-state index contributed by atoms with van der Waals surface area (Å²) in [4.78, 5) is 0. The fraction of sp³-hybridized carbons (Fsp3) is 1.00. The summed E-state index contributed by atoms with van der Waals surface area (Å²) in [5, 5.41) is 28.3. The molecule has 5 unspecified atom stereocenters. The zero-order valence-electron chi connectivity index (χ0n) is 9.38. The third kappa shape index (κ3) is 3.58. The Kier molecular flexibility index (Phi) is 4.84. The highest BCUT2D eigenvalue weighted by Crippen LogP contribution is 2.24. The van der Waals surface area contributed by atoms with E-state index in [2.05, 4.69) is 4.18 Å². The lowest BCUT2D eigenvalue weighted by atomic mass is 9.99. The predicted octanol–water partition coefficient (Wildman–Crippen LogP) is -2.58. The van der Waals surface area contributed by atoms with E-state index in [1.54, 1.807) is 0 Å². The molecule has 1 heterocycles. The Morgan fingerprint density at radius 3 is 2.29 bits per heavy atom. The molecule has 3 N–H and O–H groups in total. The lowest BCUT2D eigenvalue weighted by Gasteiger charge is -2.40. The van der Waals surface area contributed by atoms with Gasteiger partial charge in [0.15, 0.2) is 6.29 Å². The summed E-state index contributed by atoms with van der Waals surface area (Å²) in [7, 11) is -2.61. The van der Waals surface area contributed by atoms with Crippen LogP contribution < -0.4 is 0 Å². The number of aliphatic hydroxyl groups excluding tert-OH is 3. The van der Waals surface area contributed by atoms with E-state index in [1.165, 1.54) is 7.11 Å². The van der Waals surface area contributed by atoms with Gasteiger partial charge in [-0.15, -0.1) is 0 Å². The number of ether oxygens (including phenoxy) is 2. The number of aliphatic hydroxyl groups is 3. The van der Waals surface area contributed by atoms with E-state index in [9.17, 15) is 18.6 Å². The molecule has 1 aliphatic rings. The number of hydrogen-bond acceptors (Lipinski definition) is 8. The van der Waals surface area contributed by atoms with Gasteiger partial charge in [0, 0.05) is 7.11 Å². The Balaban J connectivity index is 2.87. The molecule has 1 rings (SSSR count). The molecule has 0 spiro atoms. The van der Waals surface area contributed by atoms with Crippen LogP contribution in [-0.4, -0.2) is 74.4 Å². The normalized spacial score (nSPS) is 39.2. The summed E-state index contributed by atoms with van der Waals surface area (Å²) < 4.78 is 36.3. The third-order valence-corrected chi connectivity index (χ3v) is 2.91. The number of hydrogen-bond donors (Lipinski definition) is 3. The molecule has 0 aromatic rings. The summed E-state index contributed by atoms with van der Waals surface area (Å²) in [6, 6.07) is 0. The zero-order chi connectivity index (χ0) is 13.2. The molecule has 8 nitrogen and oxygen atoms in total. The highest BCUT2D eigenvalue weighted by atomic mass is 32.2. The molecule has 0 aromatic carbocycles. The number of methoxy groups -OCH3 is 1. The number of rotatable bonds is 4. The maximum Gasteiger partial charge on any atom is 0.264 e. The minimum atomic E-state index is -3.85. The highest BCUT2D eigenvalue weighted by molar-refractivity contribution is 7.86. The molecular weight excluding hydrogens is 256 g/mol. The molecule has 0 bridgehead atoms. The van der Waals surface area contributed by atoms with Gasteiger partial charge >= 0.3 is 0 Å².